The van der Waals surface area contributed by atoms with Gasteiger partial charge in [0.1, 0.15) is 47.6 Å². The topological polar surface area (TPSA) is 75.6 Å². The van der Waals surface area contributed by atoms with E-state index in [1.165, 1.54) is 6.07 Å². The van der Waals surface area contributed by atoms with Crippen LogP contribution < -0.4 is 19.7 Å². The minimum atomic E-state index is -0.909. The first-order valence-corrected chi connectivity index (χ1v) is 15.6. The van der Waals surface area contributed by atoms with Crippen LogP contribution in [0.15, 0.2) is 30.3 Å². The third kappa shape index (κ3) is 4.41. The van der Waals surface area contributed by atoms with Gasteiger partial charge in [-0.1, -0.05) is 37.1 Å². The van der Waals surface area contributed by atoms with E-state index in [1.54, 1.807) is 24.3 Å². The largest absolute Gasteiger partial charge is 0.475 e. The Balaban J connectivity index is 1.32. The maximum atomic E-state index is 16.9. The summed E-state index contributed by atoms with van der Waals surface area (Å²) in [5.41, 5.74) is -0.125. The van der Waals surface area contributed by atoms with E-state index in [9.17, 15) is 8.78 Å². The number of aromatic nitrogens is 3. The lowest BCUT2D eigenvalue weighted by atomic mass is 9.95. The molecule has 0 aliphatic carbocycles. The van der Waals surface area contributed by atoms with E-state index in [0.29, 0.717) is 60.2 Å². The average Bonchev–Trinajstić information content (AvgIpc) is 3.52. The number of anilines is 1. The molecule has 3 fully saturated rings. The lowest BCUT2D eigenvalue weighted by Crippen LogP contribution is -2.60. The third-order valence-electron chi connectivity index (χ3n) is 10.1. The van der Waals surface area contributed by atoms with Gasteiger partial charge in [0, 0.05) is 43.0 Å². The van der Waals surface area contributed by atoms with Gasteiger partial charge in [-0.05, 0) is 37.3 Å². The van der Waals surface area contributed by atoms with E-state index in [1.807, 2.05) is 0 Å². The zero-order valence-electron chi connectivity index (χ0n) is 25.0. The Morgan fingerprint density at radius 3 is 2.89 bits per heavy atom. The number of hydrogen-bond donors (Lipinski definition) is 1. The Morgan fingerprint density at radius 2 is 2.04 bits per heavy atom. The van der Waals surface area contributed by atoms with E-state index in [-0.39, 0.29) is 47.4 Å². The summed E-state index contributed by atoms with van der Waals surface area (Å²) in [6, 6.07) is 8.16. The number of piperazine rings is 1. The quantitative estimate of drug-likeness (QED) is 0.315. The number of ether oxygens (including phenoxy) is 2. The lowest BCUT2D eigenvalue weighted by Gasteiger charge is -2.41. The second-order valence-electron chi connectivity index (χ2n) is 12.5. The van der Waals surface area contributed by atoms with Crippen molar-refractivity contribution in [1.29, 1.82) is 0 Å². The van der Waals surface area contributed by atoms with Gasteiger partial charge in [0.2, 0.25) is 5.88 Å². The fraction of sp³-hybridized carbons (Fsp3) is 0.441. The molecular formula is C34H33F3N6O2. The zero-order valence-corrected chi connectivity index (χ0v) is 25.0. The van der Waals surface area contributed by atoms with Crippen LogP contribution in [0.5, 0.6) is 11.9 Å². The third-order valence-corrected chi connectivity index (χ3v) is 10.1. The highest BCUT2D eigenvalue weighted by Crippen LogP contribution is 2.44. The van der Waals surface area contributed by atoms with E-state index in [2.05, 4.69) is 32.9 Å². The molecule has 0 amide bonds. The van der Waals surface area contributed by atoms with Gasteiger partial charge in [-0.15, -0.1) is 6.42 Å². The minimum Gasteiger partial charge on any atom is -0.475 e. The smallest absolute Gasteiger partial charge is 0.319 e. The van der Waals surface area contributed by atoms with Crippen LogP contribution in [0.1, 0.15) is 38.2 Å². The highest BCUT2D eigenvalue weighted by atomic mass is 19.1. The summed E-state index contributed by atoms with van der Waals surface area (Å²) in [5.74, 6) is 1.84. The molecule has 8 rings (SSSR count). The van der Waals surface area contributed by atoms with E-state index < -0.39 is 23.3 Å². The maximum absolute atomic E-state index is 16.9. The molecule has 1 N–H and O–H groups in total. The van der Waals surface area contributed by atoms with Crippen LogP contribution in [-0.2, 0) is 0 Å². The molecule has 3 saturated heterocycles. The first-order valence-electron chi connectivity index (χ1n) is 15.6. The molecule has 6 heterocycles. The molecule has 4 aromatic rings. The molecule has 4 aliphatic heterocycles. The fourth-order valence-electron chi connectivity index (χ4n) is 7.94. The van der Waals surface area contributed by atoms with E-state index in [4.69, 9.17) is 25.9 Å². The molecular weight excluding hydrogens is 581 g/mol. The standard InChI is InChI=1S/C34H33F3N6O2/c1-3-21-23(36)10-9-19-7-5-8-22(26(19)21)29-28(37)30-27-31(43-14-12-38-24(4-2)25(43)17-44-32(27)39-29)41-33(40-30)45-18-34-11-6-13-42(34)16-20(35)15-34/h1,5,7-10,20,24-25,38H,4,6,11-18H2,2H3/t20-,24+,25-,34+/m1/s1. The molecule has 0 unspecified atom stereocenters. The molecule has 2 aromatic carbocycles. The molecule has 0 spiro atoms. The van der Waals surface area contributed by atoms with Gasteiger partial charge >= 0.3 is 6.01 Å². The summed E-state index contributed by atoms with van der Waals surface area (Å²) < 4.78 is 58.9. The number of fused-ring (bicyclic) bond motifs is 4. The van der Waals surface area contributed by atoms with Crippen LogP contribution in [0, 0.1) is 24.0 Å². The number of rotatable bonds is 5. The molecule has 232 valence electrons. The van der Waals surface area contributed by atoms with Crippen molar-refractivity contribution in [2.24, 2.45) is 0 Å². The second kappa shape index (κ2) is 10.7. The van der Waals surface area contributed by atoms with E-state index in [0.717, 1.165) is 25.8 Å². The monoisotopic (exact) mass is 614 g/mol. The molecule has 0 radical (unpaired) electrons. The number of pyridine rings is 1. The summed E-state index contributed by atoms with van der Waals surface area (Å²) in [5, 5.41) is 4.95. The van der Waals surface area contributed by atoms with Crippen LogP contribution in [0.25, 0.3) is 32.9 Å². The van der Waals surface area contributed by atoms with E-state index >= 15 is 4.39 Å². The number of nitrogens with zero attached hydrogens (tertiary/aromatic N) is 5. The maximum Gasteiger partial charge on any atom is 0.319 e. The van der Waals surface area contributed by atoms with Gasteiger partial charge < -0.3 is 19.7 Å². The van der Waals surface area contributed by atoms with Gasteiger partial charge in [-0.2, -0.15) is 9.97 Å². The van der Waals surface area contributed by atoms with Crippen LogP contribution in [0.2, 0.25) is 0 Å². The van der Waals surface area contributed by atoms with Crippen molar-refractivity contribution >= 4 is 27.5 Å². The summed E-state index contributed by atoms with van der Waals surface area (Å²) in [7, 11) is 0. The highest BCUT2D eigenvalue weighted by molar-refractivity contribution is 6.03. The number of nitrogens with one attached hydrogen (secondary N) is 1. The van der Waals surface area contributed by atoms with Crippen molar-refractivity contribution in [3.8, 4) is 35.5 Å². The van der Waals surface area contributed by atoms with Crippen molar-refractivity contribution in [1.82, 2.24) is 25.2 Å². The van der Waals surface area contributed by atoms with Gasteiger partial charge in [0.15, 0.2) is 5.82 Å². The first-order chi connectivity index (χ1) is 21.9. The van der Waals surface area contributed by atoms with Crippen LogP contribution in [-0.4, -0.2) is 83.0 Å². The van der Waals surface area contributed by atoms with Gasteiger partial charge in [0.25, 0.3) is 0 Å². The predicted molar refractivity (Wildman–Crippen MR) is 165 cm³/mol. The van der Waals surface area contributed by atoms with Gasteiger partial charge in [0.05, 0.1) is 17.1 Å². The van der Waals surface area contributed by atoms with Crippen molar-refractivity contribution < 1.29 is 22.6 Å². The van der Waals surface area contributed by atoms with Crippen molar-refractivity contribution in [3.05, 3.63) is 47.5 Å². The highest BCUT2D eigenvalue weighted by Gasteiger charge is 2.49. The fourth-order valence-corrected chi connectivity index (χ4v) is 7.94. The molecule has 0 saturated carbocycles. The number of halogens is 3. The SMILES string of the molecule is C#Cc1c(F)ccc2cccc(-c3nc4c5c(nc(OC[C@@]67CCCN6C[C@H](F)C7)nc5c3F)N3CCN[C@@H](CC)[C@H]3CO4)c12. The van der Waals surface area contributed by atoms with Crippen LogP contribution in [0.3, 0.4) is 0 Å². The van der Waals surface area contributed by atoms with Gasteiger partial charge in [-0.3, -0.25) is 4.90 Å². The lowest BCUT2D eigenvalue weighted by molar-refractivity contribution is 0.107. The second-order valence-corrected chi connectivity index (χ2v) is 12.5. The summed E-state index contributed by atoms with van der Waals surface area (Å²) in [4.78, 5) is 18.5. The molecule has 4 aliphatic rings. The number of benzene rings is 2. The molecule has 2 aromatic heterocycles. The van der Waals surface area contributed by atoms with Crippen molar-refractivity contribution in [2.45, 2.75) is 56.4 Å². The Hall–Kier alpha value is -4.14. The van der Waals surface area contributed by atoms with Crippen LogP contribution in [0.4, 0.5) is 19.0 Å². The zero-order chi connectivity index (χ0) is 30.9. The molecule has 4 atom stereocenters. The summed E-state index contributed by atoms with van der Waals surface area (Å²) in [6.07, 6.45) is 7.86. The molecule has 45 heavy (non-hydrogen) atoms. The number of hydrogen-bond acceptors (Lipinski definition) is 8. The first kappa shape index (κ1) is 28.3. The Morgan fingerprint density at radius 1 is 1.16 bits per heavy atom. The summed E-state index contributed by atoms with van der Waals surface area (Å²) in [6.45, 7) is 5.15. The number of alkyl halides is 1. The minimum absolute atomic E-state index is 0.00605. The van der Waals surface area contributed by atoms with Gasteiger partial charge in [-0.25, -0.2) is 18.2 Å². The van der Waals surface area contributed by atoms with Crippen LogP contribution >= 0.6 is 0 Å². The Labute approximate surface area is 258 Å². The average molecular weight is 615 g/mol. The van der Waals surface area contributed by atoms with Crippen molar-refractivity contribution in [3.63, 3.8) is 0 Å². The normalized spacial score (nSPS) is 25.9. The Bertz CT molecular complexity index is 1880. The molecule has 8 nitrogen and oxygen atoms in total. The Kier molecular flexibility index (Phi) is 6.76. The van der Waals surface area contributed by atoms with Crippen molar-refractivity contribution in [2.75, 3.05) is 44.3 Å². The predicted octanol–water partition coefficient (Wildman–Crippen LogP) is 5.01. The molecule has 0 bridgehead atoms. The summed E-state index contributed by atoms with van der Waals surface area (Å²) >= 11 is 0. The molecule has 11 heteroatoms. The number of terminal acetylenes is 1.